The summed E-state index contributed by atoms with van der Waals surface area (Å²) >= 11 is 0. The Hall–Kier alpha value is -1.51. The minimum atomic E-state index is 0.174. The maximum Gasteiger partial charge on any atom is 0.124 e. The van der Waals surface area contributed by atoms with Gasteiger partial charge in [0.1, 0.15) is 5.84 Å². The molecule has 3 nitrogen and oxygen atoms in total. The van der Waals surface area contributed by atoms with Gasteiger partial charge >= 0.3 is 0 Å². The van der Waals surface area contributed by atoms with Crippen LogP contribution in [-0.4, -0.2) is 18.4 Å². The largest absolute Gasteiger partial charge is 0.384 e. The molecule has 2 rings (SSSR count). The molecule has 1 fully saturated rings. The highest BCUT2D eigenvalue weighted by molar-refractivity contribution is 6.00. The quantitative estimate of drug-likeness (QED) is 0.612. The van der Waals surface area contributed by atoms with E-state index in [0.717, 1.165) is 17.8 Å². The second kappa shape index (κ2) is 6.78. The average molecular weight is 273 g/mol. The summed E-state index contributed by atoms with van der Waals surface area (Å²) in [6.07, 6.45) is 6.37. The molecule has 0 amide bonds. The lowest BCUT2D eigenvalue weighted by Gasteiger charge is -2.33. The van der Waals surface area contributed by atoms with Crippen LogP contribution in [-0.2, 0) is 0 Å². The van der Waals surface area contributed by atoms with E-state index in [-0.39, 0.29) is 5.84 Å². The molecule has 3 heteroatoms. The van der Waals surface area contributed by atoms with Crippen LogP contribution >= 0.6 is 0 Å². The second-order valence-electron chi connectivity index (χ2n) is 6.25. The van der Waals surface area contributed by atoms with E-state index in [9.17, 15) is 0 Å². The lowest BCUT2D eigenvalue weighted by atomic mass is 10.0. The average Bonchev–Trinajstić information content (AvgIpc) is 2.93. The molecule has 1 aliphatic carbocycles. The molecule has 1 aromatic carbocycles. The van der Waals surface area contributed by atoms with Gasteiger partial charge in [-0.3, -0.25) is 5.41 Å². The second-order valence-corrected chi connectivity index (χ2v) is 6.25. The molecule has 1 aliphatic rings. The van der Waals surface area contributed by atoms with Crippen molar-refractivity contribution in [2.75, 3.05) is 11.4 Å². The maximum absolute atomic E-state index is 7.81. The van der Waals surface area contributed by atoms with Crippen LogP contribution in [0.3, 0.4) is 0 Å². The Morgan fingerprint density at radius 1 is 1.30 bits per heavy atom. The molecule has 0 unspecified atom stereocenters. The maximum atomic E-state index is 7.81. The first-order valence-electron chi connectivity index (χ1n) is 7.79. The Morgan fingerprint density at radius 2 is 1.95 bits per heavy atom. The van der Waals surface area contributed by atoms with Crippen molar-refractivity contribution in [3.8, 4) is 0 Å². The first-order chi connectivity index (χ1) is 9.59. The molecule has 0 bridgehead atoms. The van der Waals surface area contributed by atoms with Crippen molar-refractivity contribution in [1.29, 1.82) is 5.41 Å². The summed E-state index contributed by atoms with van der Waals surface area (Å²) in [6, 6.07) is 8.73. The molecular weight excluding hydrogens is 246 g/mol. The van der Waals surface area contributed by atoms with Crippen LogP contribution in [0.5, 0.6) is 0 Å². The summed E-state index contributed by atoms with van der Waals surface area (Å²) in [5.41, 5.74) is 7.79. The summed E-state index contributed by atoms with van der Waals surface area (Å²) < 4.78 is 0. The number of benzene rings is 1. The molecular formula is C17H27N3. The van der Waals surface area contributed by atoms with Crippen molar-refractivity contribution in [2.45, 2.75) is 52.0 Å². The van der Waals surface area contributed by atoms with E-state index >= 15 is 0 Å². The molecule has 1 saturated carbocycles. The topological polar surface area (TPSA) is 53.1 Å². The van der Waals surface area contributed by atoms with Gasteiger partial charge in [-0.1, -0.05) is 38.8 Å². The predicted molar refractivity (Wildman–Crippen MR) is 86.5 cm³/mol. The number of rotatable bonds is 6. The van der Waals surface area contributed by atoms with Crippen LogP contribution in [0.15, 0.2) is 24.3 Å². The van der Waals surface area contributed by atoms with E-state index in [1.807, 2.05) is 12.1 Å². The van der Waals surface area contributed by atoms with Gasteiger partial charge in [0.25, 0.3) is 0 Å². The van der Waals surface area contributed by atoms with Crippen molar-refractivity contribution in [3.05, 3.63) is 29.8 Å². The normalized spacial score (nSPS) is 15.8. The monoisotopic (exact) mass is 273 g/mol. The van der Waals surface area contributed by atoms with E-state index in [2.05, 4.69) is 30.9 Å². The highest BCUT2D eigenvalue weighted by Crippen LogP contribution is 2.31. The molecule has 0 atom stereocenters. The lowest BCUT2D eigenvalue weighted by molar-refractivity contribution is 0.528. The first-order valence-corrected chi connectivity index (χ1v) is 7.79. The Balaban J connectivity index is 2.27. The first kappa shape index (κ1) is 14.9. The fourth-order valence-corrected chi connectivity index (χ4v) is 3.06. The van der Waals surface area contributed by atoms with E-state index in [4.69, 9.17) is 11.1 Å². The molecule has 0 aromatic heterocycles. The van der Waals surface area contributed by atoms with Gasteiger partial charge in [-0.2, -0.15) is 0 Å². The van der Waals surface area contributed by atoms with Gasteiger partial charge in [0, 0.05) is 23.8 Å². The van der Waals surface area contributed by atoms with Gasteiger partial charge < -0.3 is 10.6 Å². The van der Waals surface area contributed by atoms with Crippen molar-refractivity contribution in [3.63, 3.8) is 0 Å². The summed E-state index contributed by atoms with van der Waals surface area (Å²) in [7, 11) is 0. The van der Waals surface area contributed by atoms with Gasteiger partial charge in [-0.25, -0.2) is 0 Å². The summed E-state index contributed by atoms with van der Waals surface area (Å²) in [6.45, 7) is 5.60. The minimum absolute atomic E-state index is 0.174. The fourth-order valence-electron chi connectivity index (χ4n) is 3.06. The molecule has 1 aromatic rings. The summed E-state index contributed by atoms with van der Waals surface area (Å²) in [5.74, 6) is 0.872. The Morgan fingerprint density at radius 3 is 2.55 bits per heavy atom. The highest BCUT2D eigenvalue weighted by atomic mass is 15.2. The van der Waals surface area contributed by atoms with Crippen molar-refractivity contribution < 1.29 is 0 Å². The zero-order valence-corrected chi connectivity index (χ0v) is 12.7. The minimum Gasteiger partial charge on any atom is -0.384 e. The molecule has 20 heavy (non-hydrogen) atoms. The third-order valence-corrected chi connectivity index (χ3v) is 4.22. The van der Waals surface area contributed by atoms with E-state index in [1.54, 1.807) is 0 Å². The Labute approximate surface area is 122 Å². The van der Waals surface area contributed by atoms with Crippen LogP contribution < -0.4 is 10.6 Å². The van der Waals surface area contributed by atoms with Crippen molar-refractivity contribution in [2.24, 2.45) is 11.7 Å². The molecule has 110 valence electrons. The van der Waals surface area contributed by atoms with E-state index < -0.39 is 0 Å². The number of nitrogens with one attached hydrogen (secondary N) is 1. The molecule has 3 N–H and O–H groups in total. The van der Waals surface area contributed by atoms with E-state index in [0.29, 0.717) is 12.0 Å². The van der Waals surface area contributed by atoms with Crippen LogP contribution in [0.25, 0.3) is 0 Å². The molecule has 0 spiro atoms. The van der Waals surface area contributed by atoms with Gasteiger partial charge in [-0.05, 0) is 37.3 Å². The van der Waals surface area contributed by atoms with Crippen molar-refractivity contribution >= 4 is 11.5 Å². The van der Waals surface area contributed by atoms with Gasteiger partial charge in [0.15, 0.2) is 0 Å². The lowest BCUT2D eigenvalue weighted by Crippen LogP contribution is -2.36. The number of hydrogen-bond donors (Lipinski definition) is 2. The Bertz CT molecular complexity index is 447. The van der Waals surface area contributed by atoms with Crippen LogP contribution in [0.1, 0.15) is 51.5 Å². The fraction of sp³-hybridized carbons (Fsp3) is 0.588. The molecule has 0 aliphatic heterocycles. The number of amidine groups is 1. The van der Waals surface area contributed by atoms with Gasteiger partial charge in [0.2, 0.25) is 0 Å². The third kappa shape index (κ3) is 3.53. The zero-order chi connectivity index (χ0) is 14.5. The van der Waals surface area contributed by atoms with Gasteiger partial charge in [0.05, 0.1) is 0 Å². The van der Waals surface area contributed by atoms with Crippen molar-refractivity contribution in [1.82, 2.24) is 0 Å². The smallest absolute Gasteiger partial charge is 0.124 e. The number of nitrogen functional groups attached to an aromatic ring is 1. The zero-order valence-electron chi connectivity index (χ0n) is 12.7. The van der Waals surface area contributed by atoms with E-state index in [1.165, 1.54) is 32.1 Å². The van der Waals surface area contributed by atoms with Gasteiger partial charge in [-0.15, -0.1) is 0 Å². The Kier molecular flexibility index (Phi) is 5.05. The summed E-state index contributed by atoms with van der Waals surface area (Å²) in [5, 5.41) is 7.81. The number of para-hydroxylation sites is 1. The predicted octanol–water partition coefficient (Wildman–Crippen LogP) is 3.77. The van der Waals surface area contributed by atoms with Crippen LogP contribution in [0.2, 0.25) is 0 Å². The van der Waals surface area contributed by atoms with Crippen LogP contribution in [0.4, 0.5) is 5.69 Å². The number of anilines is 1. The number of nitrogens with zero attached hydrogens (tertiary/aromatic N) is 1. The molecule has 0 radical (unpaired) electrons. The number of hydrogen-bond acceptors (Lipinski definition) is 2. The third-order valence-electron chi connectivity index (χ3n) is 4.22. The standard InChI is InChI=1S/C17H27N3/c1-13(2)11-12-20(14-7-3-4-8-14)16-10-6-5-9-15(16)17(18)19/h5-6,9-10,13-14H,3-4,7-8,11-12H2,1-2H3,(H3,18,19). The molecule has 0 saturated heterocycles. The highest BCUT2D eigenvalue weighted by Gasteiger charge is 2.24. The molecule has 0 heterocycles. The van der Waals surface area contributed by atoms with Crippen LogP contribution in [0, 0.1) is 11.3 Å². The summed E-state index contributed by atoms with van der Waals surface area (Å²) in [4.78, 5) is 2.50. The SMILES string of the molecule is CC(C)CCN(c1ccccc1C(=N)N)C1CCCC1. The number of nitrogens with two attached hydrogens (primary N) is 1.